The van der Waals surface area contributed by atoms with Crippen LogP contribution in [-0.4, -0.2) is 26.5 Å². The van der Waals surface area contributed by atoms with E-state index < -0.39 is 9.84 Å². The molecule has 1 aliphatic rings. The lowest BCUT2D eigenvalue weighted by atomic mass is 10.1. The molecule has 1 atom stereocenters. The van der Waals surface area contributed by atoms with Gasteiger partial charge in [0.15, 0.2) is 9.84 Å². The molecule has 0 spiro atoms. The summed E-state index contributed by atoms with van der Waals surface area (Å²) in [7, 11) is -2.82. The maximum Gasteiger partial charge on any atom is 0.150 e. The van der Waals surface area contributed by atoms with Crippen molar-refractivity contribution < 1.29 is 8.42 Å². The largest absolute Gasteiger partial charge is 0.397 e. The number of rotatable bonds is 3. The zero-order chi connectivity index (χ0) is 12.5. The van der Waals surface area contributed by atoms with E-state index in [2.05, 4.69) is 5.32 Å². The first-order chi connectivity index (χ1) is 7.98. The molecule has 2 rings (SSSR count). The molecule has 1 saturated heterocycles. The topological polar surface area (TPSA) is 72.2 Å². The van der Waals surface area contributed by atoms with Gasteiger partial charge in [-0.1, -0.05) is 17.7 Å². The summed E-state index contributed by atoms with van der Waals surface area (Å²) in [6, 6.07) is 5.30. The molecule has 6 heteroatoms. The Morgan fingerprint density at radius 1 is 1.47 bits per heavy atom. The average molecular weight is 275 g/mol. The van der Waals surface area contributed by atoms with Crippen LogP contribution in [0.15, 0.2) is 18.2 Å². The molecule has 0 saturated carbocycles. The van der Waals surface area contributed by atoms with Gasteiger partial charge in [0.2, 0.25) is 0 Å². The number of nitrogens with one attached hydrogen (secondary N) is 1. The highest BCUT2D eigenvalue weighted by atomic mass is 35.5. The number of nitrogens with two attached hydrogens (primary N) is 1. The van der Waals surface area contributed by atoms with Crippen LogP contribution in [-0.2, 0) is 9.84 Å². The maximum absolute atomic E-state index is 11.3. The number of hydrogen-bond donors (Lipinski definition) is 2. The van der Waals surface area contributed by atoms with E-state index in [9.17, 15) is 8.42 Å². The summed E-state index contributed by atoms with van der Waals surface area (Å²) in [6.07, 6.45) is 0.708. The van der Waals surface area contributed by atoms with Crippen LogP contribution in [0.5, 0.6) is 0 Å². The summed E-state index contributed by atoms with van der Waals surface area (Å²) in [6.45, 7) is 0.590. The van der Waals surface area contributed by atoms with Crippen LogP contribution >= 0.6 is 11.6 Å². The van der Waals surface area contributed by atoms with Crippen molar-refractivity contribution in [3.8, 4) is 0 Å². The monoisotopic (exact) mass is 274 g/mol. The average Bonchev–Trinajstić information content (AvgIpc) is 2.57. The highest BCUT2D eigenvalue weighted by Crippen LogP contribution is 2.29. The Kier molecular flexibility index (Phi) is 3.49. The molecular formula is C11H15ClN2O2S. The molecule has 4 nitrogen and oxygen atoms in total. The highest BCUT2D eigenvalue weighted by molar-refractivity contribution is 7.91. The Labute approximate surface area is 106 Å². The van der Waals surface area contributed by atoms with Gasteiger partial charge in [-0.15, -0.1) is 0 Å². The van der Waals surface area contributed by atoms with Crippen molar-refractivity contribution in [3.63, 3.8) is 0 Å². The molecule has 1 unspecified atom stereocenters. The molecule has 0 radical (unpaired) electrons. The number of sulfone groups is 1. The van der Waals surface area contributed by atoms with Crippen molar-refractivity contribution >= 4 is 32.8 Å². The number of nitrogen functional groups attached to an aromatic ring is 1. The molecule has 0 amide bonds. The predicted octanol–water partition coefficient (Wildman–Crippen LogP) is 1.77. The fourth-order valence-corrected chi connectivity index (χ4v) is 4.12. The maximum atomic E-state index is 11.3. The van der Waals surface area contributed by atoms with Crippen LogP contribution in [0.3, 0.4) is 0 Å². The zero-order valence-corrected chi connectivity index (χ0v) is 10.9. The van der Waals surface area contributed by atoms with Gasteiger partial charge >= 0.3 is 0 Å². The summed E-state index contributed by atoms with van der Waals surface area (Å²) in [5.74, 6) is 0.692. The van der Waals surface area contributed by atoms with Crippen molar-refractivity contribution in [2.75, 3.05) is 29.1 Å². The minimum Gasteiger partial charge on any atom is -0.397 e. The molecule has 3 N–H and O–H groups in total. The van der Waals surface area contributed by atoms with Crippen LogP contribution < -0.4 is 11.1 Å². The third kappa shape index (κ3) is 3.04. The van der Waals surface area contributed by atoms with Gasteiger partial charge in [0.25, 0.3) is 0 Å². The molecule has 1 aromatic rings. The van der Waals surface area contributed by atoms with Gasteiger partial charge in [0.05, 0.1) is 27.9 Å². The number of anilines is 2. The zero-order valence-electron chi connectivity index (χ0n) is 9.32. The summed E-state index contributed by atoms with van der Waals surface area (Å²) >= 11 is 6.01. The first-order valence-corrected chi connectivity index (χ1v) is 7.66. The number of halogens is 1. The summed E-state index contributed by atoms with van der Waals surface area (Å²) in [5.41, 5.74) is 7.07. The molecule has 1 aromatic carbocycles. The Morgan fingerprint density at radius 3 is 2.82 bits per heavy atom. The lowest BCUT2D eigenvalue weighted by Gasteiger charge is -2.14. The Balaban J connectivity index is 1.99. The van der Waals surface area contributed by atoms with Crippen LogP contribution in [0.1, 0.15) is 6.42 Å². The van der Waals surface area contributed by atoms with E-state index >= 15 is 0 Å². The Bertz CT molecular complexity index is 496. The molecule has 1 aliphatic heterocycles. The van der Waals surface area contributed by atoms with Crippen LogP contribution in [0.4, 0.5) is 11.4 Å². The van der Waals surface area contributed by atoms with Crippen LogP contribution in [0.25, 0.3) is 0 Å². The Morgan fingerprint density at radius 2 is 2.24 bits per heavy atom. The molecule has 1 heterocycles. The second-order valence-corrected chi connectivity index (χ2v) is 6.99. The summed E-state index contributed by atoms with van der Waals surface area (Å²) in [5, 5.41) is 3.70. The lowest BCUT2D eigenvalue weighted by molar-refractivity contribution is 0.596. The fraction of sp³-hybridized carbons (Fsp3) is 0.455. The third-order valence-corrected chi connectivity index (χ3v) is 5.09. The smallest absolute Gasteiger partial charge is 0.150 e. The van der Waals surface area contributed by atoms with E-state index in [1.54, 1.807) is 18.2 Å². The quantitative estimate of drug-likeness (QED) is 0.824. The third-order valence-electron chi connectivity index (χ3n) is 2.94. The van der Waals surface area contributed by atoms with E-state index in [1.165, 1.54) is 0 Å². The number of para-hydroxylation sites is 1. The first kappa shape index (κ1) is 12.5. The number of hydrogen-bond acceptors (Lipinski definition) is 4. The molecule has 0 aromatic heterocycles. The van der Waals surface area contributed by atoms with Crippen molar-refractivity contribution in [2.45, 2.75) is 6.42 Å². The van der Waals surface area contributed by atoms with Gasteiger partial charge in [0, 0.05) is 6.54 Å². The summed E-state index contributed by atoms with van der Waals surface area (Å²) < 4.78 is 22.6. The SMILES string of the molecule is Nc1cccc(Cl)c1NCC1CCS(=O)(=O)C1. The Hall–Kier alpha value is -0.940. The minimum atomic E-state index is -2.82. The van der Waals surface area contributed by atoms with E-state index in [4.69, 9.17) is 17.3 Å². The van der Waals surface area contributed by atoms with Gasteiger partial charge in [-0.3, -0.25) is 0 Å². The first-order valence-electron chi connectivity index (χ1n) is 5.46. The van der Waals surface area contributed by atoms with Gasteiger partial charge in [0.1, 0.15) is 0 Å². The van der Waals surface area contributed by atoms with E-state index in [0.29, 0.717) is 29.4 Å². The van der Waals surface area contributed by atoms with Crippen molar-refractivity contribution in [2.24, 2.45) is 5.92 Å². The predicted molar refractivity (Wildman–Crippen MR) is 71.1 cm³/mol. The van der Waals surface area contributed by atoms with Gasteiger partial charge in [-0.05, 0) is 24.5 Å². The summed E-state index contributed by atoms with van der Waals surface area (Å²) in [4.78, 5) is 0. The normalized spacial score (nSPS) is 22.5. The molecular weight excluding hydrogens is 260 g/mol. The minimum absolute atomic E-state index is 0.149. The second-order valence-electron chi connectivity index (χ2n) is 4.35. The van der Waals surface area contributed by atoms with Crippen LogP contribution in [0, 0.1) is 5.92 Å². The van der Waals surface area contributed by atoms with Crippen molar-refractivity contribution in [1.82, 2.24) is 0 Å². The molecule has 1 fully saturated rings. The highest BCUT2D eigenvalue weighted by Gasteiger charge is 2.27. The molecule has 0 bridgehead atoms. The van der Waals surface area contributed by atoms with E-state index in [-0.39, 0.29) is 17.4 Å². The van der Waals surface area contributed by atoms with Gasteiger partial charge in [-0.25, -0.2) is 8.42 Å². The fourth-order valence-electron chi connectivity index (χ4n) is 2.01. The molecule has 94 valence electrons. The molecule has 0 aliphatic carbocycles. The lowest BCUT2D eigenvalue weighted by Crippen LogP contribution is -2.16. The van der Waals surface area contributed by atoms with Crippen molar-refractivity contribution in [1.29, 1.82) is 0 Å². The van der Waals surface area contributed by atoms with E-state index in [1.807, 2.05) is 0 Å². The van der Waals surface area contributed by atoms with Gasteiger partial charge in [-0.2, -0.15) is 0 Å². The molecule has 17 heavy (non-hydrogen) atoms. The number of benzene rings is 1. The van der Waals surface area contributed by atoms with Crippen LogP contribution in [0.2, 0.25) is 5.02 Å². The van der Waals surface area contributed by atoms with Gasteiger partial charge < -0.3 is 11.1 Å². The second kappa shape index (κ2) is 4.74. The van der Waals surface area contributed by atoms with Crippen molar-refractivity contribution in [3.05, 3.63) is 23.2 Å². The standard InChI is InChI=1S/C11H15ClN2O2S/c12-9-2-1-3-10(13)11(9)14-6-8-4-5-17(15,16)7-8/h1-3,8,14H,4-7,13H2. The van der Waals surface area contributed by atoms with E-state index in [0.717, 1.165) is 0 Å².